The first-order chi connectivity index (χ1) is 15.5. The van der Waals surface area contributed by atoms with Crippen LogP contribution in [0.15, 0.2) is 72.1 Å². The number of hydrogen-bond donors (Lipinski definition) is 1. The molecule has 1 N–H and O–H groups in total. The minimum Gasteiger partial charge on any atom is -0.350 e. The molecule has 4 aromatic rings. The van der Waals surface area contributed by atoms with Crippen LogP contribution in [0.4, 0.5) is 0 Å². The van der Waals surface area contributed by atoms with Crippen LogP contribution in [0.2, 0.25) is 0 Å². The predicted molar refractivity (Wildman–Crippen MR) is 131 cm³/mol. The number of rotatable bonds is 8. The van der Waals surface area contributed by atoms with Gasteiger partial charge in [0.15, 0.2) is 5.16 Å². The molecule has 0 aliphatic carbocycles. The molecule has 4 rings (SSSR count). The number of thioether (sulfide) groups is 1. The molecule has 0 unspecified atom stereocenters. The molecule has 2 aromatic heterocycles. The van der Waals surface area contributed by atoms with E-state index >= 15 is 0 Å². The molecule has 6 heteroatoms. The van der Waals surface area contributed by atoms with Gasteiger partial charge in [-0.2, -0.15) is 0 Å². The highest BCUT2D eigenvalue weighted by atomic mass is 32.2. The fraction of sp³-hybridized carbons (Fsp3) is 0.269. The van der Waals surface area contributed by atoms with E-state index in [0.717, 1.165) is 40.5 Å². The van der Waals surface area contributed by atoms with Gasteiger partial charge in [-0.1, -0.05) is 60.6 Å². The highest BCUT2D eigenvalue weighted by molar-refractivity contribution is 7.98. The Morgan fingerprint density at radius 3 is 2.50 bits per heavy atom. The first-order valence-corrected chi connectivity index (χ1v) is 11.9. The average Bonchev–Trinajstić information content (AvgIpc) is 3.16. The van der Waals surface area contributed by atoms with E-state index in [0.29, 0.717) is 5.56 Å². The third-order valence-corrected chi connectivity index (χ3v) is 6.60. The van der Waals surface area contributed by atoms with Crippen LogP contribution in [0, 0.1) is 6.92 Å². The molecule has 0 bridgehead atoms. The van der Waals surface area contributed by atoms with Crippen LogP contribution in [-0.4, -0.2) is 26.5 Å². The van der Waals surface area contributed by atoms with Gasteiger partial charge in [-0.25, -0.2) is 4.98 Å². The van der Waals surface area contributed by atoms with Crippen molar-refractivity contribution in [3.05, 3.63) is 89.2 Å². The number of carbonyl (C=O) groups is 1. The van der Waals surface area contributed by atoms with E-state index in [-0.39, 0.29) is 11.9 Å². The van der Waals surface area contributed by atoms with Crippen LogP contribution in [0.1, 0.15) is 47.3 Å². The molecule has 5 nitrogen and oxygen atoms in total. The molecule has 0 aliphatic rings. The Morgan fingerprint density at radius 1 is 1.06 bits per heavy atom. The van der Waals surface area contributed by atoms with Crippen molar-refractivity contribution in [3.8, 4) is 0 Å². The van der Waals surface area contributed by atoms with Gasteiger partial charge in [0.1, 0.15) is 0 Å². The second kappa shape index (κ2) is 10.0. The Balaban J connectivity index is 1.50. The Morgan fingerprint density at radius 2 is 1.78 bits per heavy atom. The summed E-state index contributed by atoms with van der Waals surface area (Å²) in [6, 6.07) is 18.6. The summed E-state index contributed by atoms with van der Waals surface area (Å²) in [7, 11) is 0. The van der Waals surface area contributed by atoms with E-state index in [4.69, 9.17) is 4.98 Å². The van der Waals surface area contributed by atoms with Crippen molar-refractivity contribution in [1.29, 1.82) is 0 Å². The van der Waals surface area contributed by atoms with Crippen molar-refractivity contribution < 1.29 is 4.79 Å². The Labute approximate surface area is 193 Å². The predicted octanol–water partition coefficient (Wildman–Crippen LogP) is 5.61. The SMILES string of the molecule is CC[C@H](C)NC(=O)c1ccc(CSc2nc3ccncc3n2Cc2ccc(C)cc2)cc1. The van der Waals surface area contributed by atoms with Gasteiger partial charge in [0, 0.05) is 23.6 Å². The fourth-order valence-electron chi connectivity index (χ4n) is 3.40. The molecule has 0 spiro atoms. The number of pyridine rings is 1. The van der Waals surface area contributed by atoms with E-state index in [2.05, 4.69) is 53.0 Å². The second-order valence-corrected chi connectivity index (χ2v) is 9.04. The third-order valence-electron chi connectivity index (χ3n) is 5.55. The van der Waals surface area contributed by atoms with E-state index in [9.17, 15) is 4.79 Å². The number of nitrogens with one attached hydrogen (secondary N) is 1. The highest BCUT2D eigenvalue weighted by Crippen LogP contribution is 2.27. The number of fused-ring (bicyclic) bond motifs is 1. The average molecular weight is 445 g/mol. The summed E-state index contributed by atoms with van der Waals surface area (Å²) >= 11 is 1.70. The molecular formula is C26H28N4OS. The number of benzene rings is 2. The number of imidazole rings is 1. The van der Waals surface area contributed by atoms with Gasteiger partial charge in [-0.3, -0.25) is 9.78 Å². The monoisotopic (exact) mass is 444 g/mol. The molecule has 1 amide bonds. The third kappa shape index (κ3) is 5.19. The van der Waals surface area contributed by atoms with E-state index in [1.165, 1.54) is 11.1 Å². The van der Waals surface area contributed by atoms with Gasteiger partial charge in [-0.05, 0) is 49.6 Å². The van der Waals surface area contributed by atoms with Gasteiger partial charge < -0.3 is 9.88 Å². The van der Waals surface area contributed by atoms with Gasteiger partial charge in [0.2, 0.25) is 0 Å². The number of nitrogens with zero attached hydrogens (tertiary/aromatic N) is 3. The number of hydrogen-bond acceptors (Lipinski definition) is 4. The minimum atomic E-state index is -0.0223. The zero-order valence-electron chi connectivity index (χ0n) is 18.7. The summed E-state index contributed by atoms with van der Waals surface area (Å²) in [6.45, 7) is 6.93. The smallest absolute Gasteiger partial charge is 0.251 e. The lowest BCUT2D eigenvalue weighted by Crippen LogP contribution is -2.31. The molecule has 0 aliphatic heterocycles. The van der Waals surface area contributed by atoms with Crippen LogP contribution in [0.3, 0.4) is 0 Å². The number of carbonyl (C=O) groups excluding carboxylic acids is 1. The molecule has 32 heavy (non-hydrogen) atoms. The molecular weight excluding hydrogens is 416 g/mol. The van der Waals surface area contributed by atoms with Crippen LogP contribution in [0.25, 0.3) is 11.0 Å². The Hall–Kier alpha value is -3.12. The highest BCUT2D eigenvalue weighted by Gasteiger charge is 2.13. The zero-order chi connectivity index (χ0) is 22.5. The molecule has 164 valence electrons. The fourth-order valence-corrected chi connectivity index (χ4v) is 4.37. The molecule has 0 saturated heterocycles. The summed E-state index contributed by atoms with van der Waals surface area (Å²) in [4.78, 5) is 21.5. The number of amides is 1. The first-order valence-electron chi connectivity index (χ1n) is 10.9. The van der Waals surface area contributed by atoms with Crippen LogP contribution in [-0.2, 0) is 12.3 Å². The van der Waals surface area contributed by atoms with Gasteiger partial charge in [0.25, 0.3) is 5.91 Å². The normalized spacial score (nSPS) is 12.1. The zero-order valence-corrected chi connectivity index (χ0v) is 19.5. The van der Waals surface area contributed by atoms with Crippen molar-refractivity contribution in [1.82, 2.24) is 19.9 Å². The van der Waals surface area contributed by atoms with Gasteiger partial charge in [0.05, 0.1) is 23.8 Å². The van der Waals surface area contributed by atoms with Crippen molar-refractivity contribution in [2.75, 3.05) is 0 Å². The Kier molecular flexibility index (Phi) is 6.90. The maximum absolute atomic E-state index is 12.3. The van der Waals surface area contributed by atoms with Gasteiger partial charge >= 0.3 is 0 Å². The van der Waals surface area contributed by atoms with Crippen molar-refractivity contribution in [2.45, 2.75) is 50.7 Å². The summed E-state index contributed by atoms with van der Waals surface area (Å²) in [5, 5.41) is 3.97. The summed E-state index contributed by atoms with van der Waals surface area (Å²) in [6.07, 6.45) is 4.58. The van der Waals surface area contributed by atoms with Crippen LogP contribution >= 0.6 is 11.8 Å². The van der Waals surface area contributed by atoms with Gasteiger partial charge in [-0.15, -0.1) is 0 Å². The lowest BCUT2D eigenvalue weighted by molar-refractivity contribution is 0.0939. The van der Waals surface area contributed by atoms with Crippen molar-refractivity contribution in [3.63, 3.8) is 0 Å². The second-order valence-electron chi connectivity index (χ2n) is 8.10. The standard InChI is InChI=1S/C26H28N4OS/c1-4-19(3)28-25(31)22-11-9-21(10-12-22)17-32-26-29-23-13-14-27-15-24(23)30(26)16-20-7-5-18(2)6-8-20/h5-15,19H,4,16-17H2,1-3H3,(H,28,31)/t19-/m0/s1. The lowest BCUT2D eigenvalue weighted by atomic mass is 10.1. The summed E-state index contributed by atoms with van der Waals surface area (Å²) in [5.41, 5.74) is 6.32. The summed E-state index contributed by atoms with van der Waals surface area (Å²) < 4.78 is 2.23. The van der Waals surface area contributed by atoms with E-state index < -0.39 is 0 Å². The molecule has 0 fully saturated rings. The number of aryl methyl sites for hydroxylation is 1. The molecule has 0 saturated carbocycles. The van der Waals surface area contributed by atoms with E-state index in [1.807, 2.05) is 43.5 Å². The first kappa shape index (κ1) is 22.1. The Bertz CT molecular complexity index is 1200. The lowest BCUT2D eigenvalue weighted by Gasteiger charge is -2.12. The molecule has 1 atom stereocenters. The topological polar surface area (TPSA) is 59.8 Å². The maximum atomic E-state index is 12.3. The minimum absolute atomic E-state index is 0.0223. The van der Waals surface area contributed by atoms with Crippen molar-refractivity contribution in [2.24, 2.45) is 0 Å². The quantitative estimate of drug-likeness (QED) is 0.359. The largest absolute Gasteiger partial charge is 0.350 e. The molecule has 2 aromatic carbocycles. The van der Waals surface area contributed by atoms with Crippen molar-refractivity contribution >= 4 is 28.7 Å². The maximum Gasteiger partial charge on any atom is 0.251 e. The van der Waals surface area contributed by atoms with E-state index in [1.54, 1.807) is 18.0 Å². The summed E-state index contributed by atoms with van der Waals surface area (Å²) in [5.74, 6) is 0.753. The number of aromatic nitrogens is 3. The van der Waals surface area contributed by atoms with Crippen LogP contribution in [0.5, 0.6) is 0 Å². The molecule has 0 radical (unpaired) electrons. The molecule has 2 heterocycles. The van der Waals surface area contributed by atoms with Crippen LogP contribution < -0.4 is 5.32 Å².